The molecule has 0 aliphatic rings. The van der Waals surface area contributed by atoms with Crippen LogP contribution >= 0.6 is 0 Å². The smallest absolute Gasteiger partial charge is 0.0544 e. The molecule has 10 aromatic rings. The van der Waals surface area contributed by atoms with Gasteiger partial charge in [0.15, 0.2) is 0 Å². The second kappa shape index (κ2) is 8.82. The summed E-state index contributed by atoms with van der Waals surface area (Å²) in [6.07, 6.45) is 0. The van der Waals surface area contributed by atoms with E-state index < -0.39 is 0 Å². The van der Waals surface area contributed by atoms with E-state index >= 15 is 0 Å². The van der Waals surface area contributed by atoms with Gasteiger partial charge in [0.2, 0.25) is 0 Å². The first-order valence-corrected chi connectivity index (χ1v) is 15.2. The zero-order valence-corrected chi connectivity index (χ0v) is 23.9. The normalized spacial score (nSPS) is 12.1. The van der Waals surface area contributed by atoms with E-state index in [2.05, 4.69) is 156 Å². The Balaban J connectivity index is 1.27. The highest BCUT2D eigenvalue weighted by atomic mass is 14.7. The molecule has 0 bridgehead atoms. The van der Waals surface area contributed by atoms with Crippen molar-refractivity contribution in [2.45, 2.75) is 0 Å². The van der Waals surface area contributed by atoms with Gasteiger partial charge >= 0.3 is 0 Å². The molecule has 0 radical (unpaired) electrons. The van der Waals surface area contributed by atoms with Crippen LogP contribution in [0.15, 0.2) is 146 Å². The predicted molar refractivity (Wildman–Crippen MR) is 189 cm³/mol. The van der Waals surface area contributed by atoms with Crippen molar-refractivity contribution in [1.29, 1.82) is 0 Å². The summed E-state index contributed by atoms with van der Waals surface area (Å²) in [6, 6.07) is 53.3. The minimum Gasteiger partial charge on any atom is -0.355 e. The molecule has 0 saturated heterocycles. The van der Waals surface area contributed by atoms with Crippen LogP contribution in [0.25, 0.3) is 98.2 Å². The third kappa shape index (κ3) is 3.25. The Morgan fingerprint density at radius 2 is 0.773 bits per heavy atom. The van der Waals surface area contributed by atoms with Crippen molar-refractivity contribution < 1.29 is 0 Å². The van der Waals surface area contributed by atoms with E-state index in [0.717, 1.165) is 5.52 Å². The van der Waals surface area contributed by atoms with Crippen LogP contribution in [0.4, 0.5) is 0 Å². The lowest BCUT2D eigenvalue weighted by Gasteiger charge is -2.18. The third-order valence-corrected chi connectivity index (χ3v) is 9.51. The highest BCUT2D eigenvalue weighted by molar-refractivity contribution is 6.24. The maximum Gasteiger partial charge on any atom is 0.0544 e. The predicted octanol–water partition coefficient (Wildman–Crippen LogP) is 11.7. The molecular weight excluding hydrogens is 532 g/mol. The Hall–Kier alpha value is -5.86. The van der Waals surface area contributed by atoms with Crippen molar-refractivity contribution in [3.63, 3.8) is 0 Å². The lowest BCUT2D eigenvalue weighted by Crippen LogP contribution is -1.90. The first-order chi connectivity index (χ1) is 21.8. The van der Waals surface area contributed by atoms with Crippen molar-refractivity contribution in [2.24, 2.45) is 0 Å². The number of hydrogen-bond donors (Lipinski definition) is 2. The number of hydrogen-bond acceptors (Lipinski definition) is 0. The van der Waals surface area contributed by atoms with E-state index in [-0.39, 0.29) is 0 Å². The van der Waals surface area contributed by atoms with Crippen LogP contribution in [0, 0.1) is 0 Å². The maximum atomic E-state index is 3.73. The van der Waals surface area contributed by atoms with Crippen LogP contribution in [0.2, 0.25) is 0 Å². The van der Waals surface area contributed by atoms with E-state index in [4.69, 9.17) is 0 Å². The molecule has 2 nitrogen and oxygen atoms in total. The molecule has 0 atom stereocenters. The summed E-state index contributed by atoms with van der Waals surface area (Å²) in [5.74, 6) is 0. The lowest BCUT2D eigenvalue weighted by molar-refractivity contribution is 1.55. The van der Waals surface area contributed by atoms with Crippen LogP contribution in [0.3, 0.4) is 0 Å². The van der Waals surface area contributed by atoms with Gasteiger partial charge in [-0.1, -0.05) is 115 Å². The van der Waals surface area contributed by atoms with Gasteiger partial charge in [-0.2, -0.15) is 0 Å². The fourth-order valence-corrected chi connectivity index (χ4v) is 7.55. The van der Waals surface area contributed by atoms with Gasteiger partial charge in [-0.05, 0) is 79.5 Å². The van der Waals surface area contributed by atoms with Gasteiger partial charge in [0, 0.05) is 43.5 Å². The second-order valence-corrected chi connectivity index (χ2v) is 11.9. The van der Waals surface area contributed by atoms with Gasteiger partial charge in [-0.25, -0.2) is 0 Å². The van der Waals surface area contributed by atoms with Crippen molar-refractivity contribution in [2.75, 3.05) is 0 Å². The van der Waals surface area contributed by atoms with E-state index in [0.29, 0.717) is 0 Å². The van der Waals surface area contributed by atoms with E-state index in [1.807, 2.05) is 0 Å². The molecule has 0 unspecified atom stereocenters. The summed E-state index contributed by atoms with van der Waals surface area (Å²) in [6.45, 7) is 0. The maximum absolute atomic E-state index is 3.73. The van der Waals surface area contributed by atoms with E-state index in [1.54, 1.807) is 0 Å². The van der Waals surface area contributed by atoms with Crippen molar-refractivity contribution in [3.05, 3.63) is 146 Å². The average molecular weight is 559 g/mol. The van der Waals surface area contributed by atoms with Crippen molar-refractivity contribution in [3.8, 4) is 22.3 Å². The van der Waals surface area contributed by atoms with Crippen molar-refractivity contribution >= 4 is 75.9 Å². The average Bonchev–Trinajstić information content (AvgIpc) is 3.65. The minimum absolute atomic E-state index is 1.16. The molecule has 10 rings (SSSR count). The summed E-state index contributed by atoms with van der Waals surface area (Å²) in [7, 11) is 0. The minimum atomic E-state index is 1.16. The summed E-state index contributed by atoms with van der Waals surface area (Å²) >= 11 is 0. The number of fused-ring (bicyclic) bond motifs is 10. The summed E-state index contributed by atoms with van der Waals surface area (Å²) < 4.78 is 0. The number of aromatic amines is 2. The summed E-state index contributed by atoms with van der Waals surface area (Å²) in [4.78, 5) is 7.32. The highest BCUT2D eigenvalue weighted by Gasteiger charge is 2.18. The van der Waals surface area contributed by atoms with E-state index in [9.17, 15) is 0 Å². The Kier molecular flexibility index (Phi) is 4.75. The zero-order chi connectivity index (χ0) is 28.8. The van der Waals surface area contributed by atoms with Crippen molar-refractivity contribution in [1.82, 2.24) is 9.97 Å². The standard InChI is InChI=1S/C42H26N2/c1-2-10-28-25(9-1)17-20-34-36-24-27(19-22-39(36)44-42(28)34)41-32-14-5-3-12-30(32)40(31-13-4-6-15-33(31)41)26-18-21-38-35(23-26)29-11-7-8-16-37(29)43-38/h1-24,43-44H. The molecule has 0 spiro atoms. The molecule has 0 aliphatic carbocycles. The van der Waals surface area contributed by atoms with Gasteiger partial charge in [0.05, 0.1) is 5.52 Å². The Bertz CT molecular complexity index is 2720. The SMILES string of the molecule is c1ccc2c(c1)ccc1c3cc(-c4c5ccccc5c(-c5ccc6[nH]c7ccccc7c6c5)c5ccccc45)ccc3[nH]c21. The number of rotatable bonds is 2. The van der Waals surface area contributed by atoms with Crippen LogP contribution in [0.1, 0.15) is 0 Å². The molecule has 2 heteroatoms. The van der Waals surface area contributed by atoms with Gasteiger partial charge in [-0.15, -0.1) is 0 Å². The molecule has 2 N–H and O–H groups in total. The Labute approximate surface area is 253 Å². The Morgan fingerprint density at radius 3 is 1.41 bits per heavy atom. The third-order valence-electron chi connectivity index (χ3n) is 9.51. The number of aromatic nitrogens is 2. The van der Waals surface area contributed by atoms with Crippen LogP contribution in [-0.2, 0) is 0 Å². The number of nitrogens with one attached hydrogen (secondary N) is 2. The Morgan fingerprint density at radius 1 is 0.295 bits per heavy atom. The molecule has 44 heavy (non-hydrogen) atoms. The van der Waals surface area contributed by atoms with Crippen LogP contribution in [-0.4, -0.2) is 9.97 Å². The monoisotopic (exact) mass is 558 g/mol. The number of benzene rings is 8. The zero-order valence-electron chi connectivity index (χ0n) is 23.9. The summed E-state index contributed by atoms with van der Waals surface area (Å²) in [5.41, 5.74) is 9.74. The highest BCUT2D eigenvalue weighted by Crippen LogP contribution is 2.45. The van der Waals surface area contributed by atoms with E-state index in [1.165, 1.54) is 92.7 Å². The molecule has 0 fully saturated rings. The summed E-state index contributed by atoms with van der Waals surface area (Å²) in [5, 5.41) is 12.6. The first kappa shape index (κ1) is 23.7. The lowest BCUT2D eigenvalue weighted by atomic mass is 9.85. The number of para-hydroxylation sites is 1. The molecule has 204 valence electrons. The molecule has 0 amide bonds. The van der Waals surface area contributed by atoms with Crippen LogP contribution in [0.5, 0.6) is 0 Å². The molecule has 0 aliphatic heterocycles. The molecule has 2 aromatic heterocycles. The van der Waals surface area contributed by atoms with Crippen LogP contribution < -0.4 is 0 Å². The fraction of sp³-hybridized carbons (Fsp3) is 0. The number of H-pyrrole nitrogens is 2. The molecule has 0 saturated carbocycles. The van der Waals surface area contributed by atoms with Gasteiger partial charge in [-0.3, -0.25) is 0 Å². The first-order valence-electron chi connectivity index (χ1n) is 15.2. The topological polar surface area (TPSA) is 31.6 Å². The molecular formula is C42H26N2. The molecule has 8 aromatic carbocycles. The largest absolute Gasteiger partial charge is 0.355 e. The molecule has 2 heterocycles. The van der Waals surface area contributed by atoms with Gasteiger partial charge in [0.25, 0.3) is 0 Å². The fourth-order valence-electron chi connectivity index (χ4n) is 7.55. The second-order valence-electron chi connectivity index (χ2n) is 11.9. The quantitative estimate of drug-likeness (QED) is 0.198. The van der Waals surface area contributed by atoms with Gasteiger partial charge in [0.1, 0.15) is 0 Å². The van der Waals surface area contributed by atoms with Gasteiger partial charge < -0.3 is 9.97 Å².